The number of aryl methyl sites for hydroxylation is 2. The molecule has 4 nitrogen and oxygen atoms in total. The van der Waals surface area contributed by atoms with Gasteiger partial charge < -0.3 is 5.11 Å². The molecule has 3 aromatic rings. The van der Waals surface area contributed by atoms with E-state index in [-0.39, 0.29) is 12.3 Å². The van der Waals surface area contributed by atoms with Crippen LogP contribution in [0.2, 0.25) is 10.0 Å². The lowest BCUT2D eigenvalue weighted by Gasteiger charge is -2.12. The van der Waals surface area contributed by atoms with Crippen LogP contribution in [-0.4, -0.2) is 26.5 Å². The van der Waals surface area contributed by atoms with E-state index < -0.39 is 11.6 Å². The van der Waals surface area contributed by atoms with Gasteiger partial charge in [0.15, 0.2) is 0 Å². The molecule has 0 amide bonds. The van der Waals surface area contributed by atoms with E-state index >= 15 is 0 Å². The minimum Gasteiger partial charge on any atom is -0.396 e. The Kier molecular flexibility index (Phi) is 6.99. The second-order valence-electron chi connectivity index (χ2n) is 6.34. The fraction of sp³-hybridized carbons (Fsp3) is 0.300. The van der Waals surface area contributed by atoms with Gasteiger partial charge in [0.1, 0.15) is 23.3 Å². The van der Waals surface area contributed by atoms with Crippen LogP contribution >= 0.6 is 23.2 Å². The molecule has 0 saturated heterocycles. The highest BCUT2D eigenvalue weighted by molar-refractivity contribution is 6.35. The molecule has 0 saturated carbocycles. The predicted octanol–water partition coefficient (Wildman–Crippen LogP) is 4.95. The van der Waals surface area contributed by atoms with Gasteiger partial charge in [0.2, 0.25) is 0 Å². The van der Waals surface area contributed by atoms with Crippen molar-refractivity contribution in [2.75, 3.05) is 6.61 Å². The fourth-order valence-corrected chi connectivity index (χ4v) is 3.61. The largest absolute Gasteiger partial charge is 0.396 e. The molecule has 0 radical (unpaired) electrons. The highest BCUT2D eigenvalue weighted by Gasteiger charge is 2.18. The van der Waals surface area contributed by atoms with Gasteiger partial charge in [0.05, 0.1) is 5.69 Å². The summed E-state index contributed by atoms with van der Waals surface area (Å²) in [7, 11) is 0. The second kappa shape index (κ2) is 9.45. The van der Waals surface area contributed by atoms with E-state index in [0.717, 1.165) is 11.6 Å². The van der Waals surface area contributed by atoms with Gasteiger partial charge >= 0.3 is 0 Å². The molecule has 0 fully saturated rings. The number of hydrogen-bond donors (Lipinski definition) is 1. The quantitative estimate of drug-likeness (QED) is 0.519. The molecule has 8 heteroatoms. The Morgan fingerprint density at radius 2 is 1.57 bits per heavy atom. The summed E-state index contributed by atoms with van der Waals surface area (Å²) in [4.78, 5) is 0. The molecule has 1 N–H and O–H groups in total. The molecule has 1 aromatic heterocycles. The molecule has 0 aliphatic rings. The van der Waals surface area contributed by atoms with Gasteiger partial charge in [-0.1, -0.05) is 29.3 Å². The molecular formula is C20H19Cl2F2N3O. The molecule has 0 aliphatic heterocycles. The monoisotopic (exact) mass is 425 g/mol. The first kappa shape index (κ1) is 20.7. The normalized spacial score (nSPS) is 11.2. The lowest BCUT2D eigenvalue weighted by molar-refractivity contribution is 0.284. The van der Waals surface area contributed by atoms with Gasteiger partial charge in [0, 0.05) is 35.6 Å². The van der Waals surface area contributed by atoms with Gasteiger partial charge in [-0.2, -0.15) is 0 Å². The third-order valence-corrected chi connectivity index (χ3v) is 5.12. The van der Waals surface area contributed by atoms with Crippen molar-refractivity contribution in [2.45, 2.75) is 32.1 Å². The molecule has 1 heterocycles. The number of unbranched alkanes of at least 4 members (excludes halogenated alkanes) is 1. The fourth-order valence-electron chi connectivity index (χ4n) is 3.02. The number of benzene rings is 2. The maximum absolute atomic E-state index is 14.5. The summed E-state index contributed by atoms with van der Waals surface area (Å²) < 4.78 is 29.4. The van der Waals surface area contributed by atoms with Crippen molar-refractivity contribution in [1.82, 2.24) is 14.8 Å². The summed E-state index contributed by atoms with van der Waals surface area (Å²) in [5.74, 6) is -0.263. The summed E-state index contributed by atoms with van der Waals surface area (Å²) in [6, 6.07) is 8.69. The summed E-state index contributed by atoms with van der Waals surface area (Å²) in [6.07, 6.45) is 2.71. The van der Waals surface area contributed by atoms with Crippen molar-refractivity contribution in [3.63, 3.8) is 0 Å². The van der Waals surface area contributed by atoms with Crippen molar-refractivity contribution in [3.8, 4) is 5.69 Å². The van der Waals surface area contributed by atoms with Crippen molar-refractivity contribution in [3.05, 3.63) is 75.3 Å². The third-order valence-electron chi connectivity index (χ3n) is 4.42. The standard InChI is InChI=1S/C20H19Cl2F2N3O/c21-15-4-3-5-16(22)14(15)8-10-20-26-25-19(6-1-2-11-28)27(20)18-9-7-13(23)12-17(18)24/h3-5,7,9,12,28H,1-2,6,8,10-11H2. The number of rotatable bonds is 8. The van der Waals surface area contributed by atoms with Crippen LogP contribution < -0.4 is 0 Å². The van der Waals surface area contributed by atoms with E-state index in [9.17, 15) is 8.78 Å². The number of aliphatic hydroxyl groups excluding tert-OH is 1. The Bertz CT molecular complexity index is 942. The van der Waals surface area contributed by atoms with E-state index in [1.807, 2.05) is 0 Å². The van der Waals surface area contributed by atoms with Crippen LogP contribution in [0, 0.1) is 11.6 Å². The van der Waals surface area contributed by atoms with Crippen molar-refractivity contribution < 1.29 is 13.9 Å². The first-order valence-corrected chi connectivity index (χ1v) is 9.69. The molecule has 0 aliphatic carbocycles. The number of aliphatic hydroxyl groups is 1. The molecular weight excluding hydrogens is 407 g/mol. The zero-order valence-corrected chi connectivity index (χ0v) is 16.5. The summed E-state index contributed by atoms with van der Waals surface area (Å²) in [5.41, 5.74) is 0.965. The molecule has 0 bridgehead atoms. The minimum absolute atomic E-state index is 0.0664. The van der Waals surface area contributed by atoms with E-state index in [1.165, 1.54) is 12.1 Å². The summed E-state index contributed by atoms with van der Waals surface area (Å²) >= 11 is 12.5. The van der Waals surface area contributed by atoms with E-state index in [2.05, 4.69) is 10.2 Å². The number of nitrogens with zero attached hydrogens (tertiary/aromatic N) is 3. The molecule has 148 valence electrons. The maximum Gasteiger partial charge on any atom is 0.150 e. The van der Waals surface area contributed by atoms with Crippen molar-refractivity contribution in [2.24, 2.45) is 0 Å². The molecule has 28 heavy (non-hydrogen) atoms. The zero-order chi connectivity index (χ0) is 20.1. The first-order chi connectivity index (χ1) is 13.5. The smallest absolute Gasteiger partial charge is 0.150 e. The Balaban J connectivity index is 1.94. The minimum atomic E-state index is -0.694. The van der Waals surface area contributed by atoms with Gasteiger partial charge in [-0.25, -0.2) is 8.78 Å². The third kappa shape index (κ3) is 4.69. The Hall–Kier alpha value is -2.02. The molecule has 0 unspecified atom stereocenters. The Morgan fingerprint density at radius 3 is 2.21 bits per heavy atom. The van der Waals surface area contributed by atoms with Crippen LogP contribution in [-0.2, 0) is 19.3 Å². The Labute approximate surface area is 171 Å². The van der Waals surface area contributed by atoms with Crippen molar-refractivity contribution >= 4 is 23.2 Å². The summed E-state index contributed by atoms with van der Waals surface area (Å²) in [5, 5.41) is 18.5. The van der Waals surface area contributed by atoms with Gasteiger partial charge in [-0.15, -0.1) is 10.2 Å². The average Bonchev–Trinajstić information content (AvgIpc) is 3.04. The predicted molar refractivity (Wildman–Crippen MR) is 105 cm³/mol. The van der Waals surface area contributed by atoms with Crippen LogP contribution in [0.4, 0.5) is 8.78 Å². The van der Waals surface area contributed by atoms with Gasteiger partial charge in [-0.3, -0.25) is 4.57 Å². The summed E-state index contributed by atoms with van der Waals surface area (Å²) in [6.45, 7) is 0.0664. The number of halogens is 4. The maximum atomic E-state index is 14.5. The van der Waals surface area contributed by atoms with Gasteiger partial charge in [-0.05, 0) is 49.1 Å². The molecule has 3 rings (SSSR count). The van der Waals surface area contributed by atoms with Crippen LogP contribution in [0.5, 0.6) is 0 Å². The highest BCUT2D eigenvalue weighted by Crippen LogP contribution is 2.26. The molecule has 0 atom stereocenters. The molecule has 0 spiro atoms. The average molecular weight is 426 g/mol. The number of aromatic nitrogens is 3. The van der Waals surface area contributed by atoms with E-state index in [0.29, 0.717) is 53.8 Å². The second-order valence-corrected chi connectivity index (χ2v) is 7.16. The first-order valence-electron chi connectivity index (χ1n) is 8.93. The van der Waals surface area contributed by atoms with Crippen LogP contribution in [0.3, 0.4) is 0 Å². The van der Waals surface area contributed by atoms with Crippen LogP contribution in [0.25, 0.3) is 5.69 Å². The van der Waals surface area contributed by atoms with E-state index in [1.54, 1.807) is 22.8 Å². The lowest BCUT2D eigenvalue weighted by atomic mass is 10.1. The van der Waals surface area contributed by atoms with Crippen LogP contribution in [0.1, 0.15) is 30.1 Å². The van der Waals surface area contributed by atoms with Crippen LogP contribution in [0.15, 0.2) is 36.4 Å². The van der Waals surface area contributed by atoms with Crippen molar-refractivity contribution in [1.29, 1.82) is 0 Å². The SMILES string of the molecule is OCCCCc1nnc(CCc2c(Cl)cccc2Cl)n1-c1ccc(F)cc1F. The number of hydrogen-bond acceptors (Lipinski definition) is 3. The van der Waals surface area contributed by atoms with Gasteiger partial charge in [0.25, 0.3) is 0 Å². The Morgan fingerprint density at radius 1 is 0.893 bits per heavy atom. The highest BCUT2D eigenvalue weighted by atomic mass is 35.5. The topological polar surface area (TPSA) is 50.9 Å². The molecule has 2 aromatic carbocycles. The van der Waals surface area contributed by atoms with E-state index in [4.69, 9.17) is 28.3 Å². The zero-order valence-electron chi connectivity index (χ0n) is 15.0. The lowest BCUT2D eigenvalue weighted by Crippen LogP contribution is -2.09.